The molecule has 0 saturated heterocycles. The molecule has 6 nitrogen and oxygen atoms in total. The number of esters is 1. The van der Waals surface area contributed by atoms with Crippen molar-refractivity contribution in [1.29, 1.82) is 0 Å². The van der Waals surface area contributed by atoms with Crippen molar-refractivity contribution in [1.82, 2.24) is 5.32 Å². The molecule has 180 valence electrons. The van der Waals surface area contributed by atoms with Gasteiger partial charge in [0.05, 0.1) is 11.0 Å². The predicted octanol–water partition coefficient (Wildman–Crippen LogP) is 4.74. The molecule has 0 aliphatic carbocycles. The molecule has 0 radical (unpaired) electrons. The Labute approximate surface area is 205 Å². The van der Waals surface area contributed by atoms with Crippen LogP contribution in [-0.2, 0) is 21.1 Å². The van der Waals surface area contributed by atoms with E-state index in [-0.39, 0.29) is 22.0 Å². The van der Waals surface area contributed by atoms with E-state index in [9.17, 15) is 18.3 Å². The van der Waals surface area contributed by atoms with Crippen molar-refractivity contribution in [3.05, 3.63) is 88.9 Å². The summed E-state index contributed by atoms with van der Waals surface area (Å²) in [5.41, 5.74) is 1.70. The van der Waals surface area contributed by atoms with Gasteiger partial charge in [-0.2, -0.15) is 0 Å². The highest BCUT2D eigenvalue weighted by Crippen LogP contribution is 2.30. The molecular weight excluding hydrogens is 474 g/mol. The van der Waals surface area contributed by atoms with E-state index >= 15 is 0 Å². The van der Waals surface area contributed by atoms with Crippen LogP contribution < -0.4 is 10.1 Å². The van der Waals surface area contributed by atoms with Crippen LogP contribution in [0.5, 0.6) is 5.75 Å². The lowest BCUT2D eigenvalue weighted by atomic mass is 10.1. The maximum atomic E-state index is 13.2. The van der Waals surface area contributed by atoms with Gasteiger partial charge in [0.1, 0.15) is 10.6 Å². The molecular formula is C26H28ClNO5S. The van der Waals surface area contributed by atoms with Crippen LogP contribution in [0.4, 0.5) is 0 Å². The van der Waals surface area contributed by atoms with Crippen molar-refractivity contribution < 1.29 is 23.1 Å². The summed E-state index contributed by atoms with van der Waals surface area (Å²) in [6.45, 7) is 2.84. The van der Waals surface area contributed by atoms with Gasteiger partial charge in [0.15, 0.2) is 0 Å². The third-order valence-electron chi connectivity index (χ3n) is 5.21. The molecule has 0 saturated carbocycles. The van der Waals surface area contributed by atoms with E-state index in [2.05, 4.69) is 5.32 Å². The first-order valence-electron chi connectivity index (χ1n) is 11.1. The zero-order valence-electron chi connectivity index (χ0n) is 18.9. The Bertz CT molecular complexity index is 1210. The number of hydrogen-bond donors (Lipinski definition) is 2. The Balaban J connectivity index is 1.60. The molecule has 0 heterocycles. The van der Waals surface area contributed by atoms with Gasteiger partial charge >= 0.3 is 5.97 Å². The number of nitrogens with one attached hydrogen (secondary N) is 1. The number of carbonyl (C=O) groups excluding carboxylic acids is 1. The van der Waals surface area contributed by atoms with Crippen molar-refractivity contribution >= 4 is 27.4 Å². The number of aliphatic hydroxyl groups excluding tert-OH is 1. The number of para-hydroxylation sites is 1. The largest absolute Gasteiger partial charge is 0.425 e. The summed E-state index contributed by atoms with van der Waals surface area (Å²) in [6.07, 6.45) is 0.822. The van der Waals surface area contributed by atoms with Crippen LogP contribution in [0.1, 0.15) is 37.0 Å². The summed E-state index contributed by atoms with van der Waals surface area (Å²) >= 11 is 5.96. The van der Waals surface area contributed by atoms with Gasteiger partial charge in [-0.1, -0.05) is 54.9 Å². The molecule has 0 aromatic heterocycles. The molecule has 0 spiro atoms. The smallest absolute Gasteiger partial charge is 0.311 e. The van der Waals surface area contributed by atoms with Crippen LogP contribution >= 0.6 is 11.6 Å². The lowest BCUT2D eigenvalue weighted by molar-refractivity contribution is -0.134. The van der Waals surface area contributed by atoms with E-state index in [1.807, 2.05) is 13.0 Å². The van der Waals surface area contributed by atoms with Crippen LogP contribution in [0.3, 0.4) is 0 Å². The predicted molar refractivity (Wildman–Crippen MR) is 132 cm³/mol. The van der Waals surface area contributed by atoms with E-state index in [0.29, 0.717) is 31.0 Å². The monoisotopic (exact) mass is 501 g/mol. The average molecular weight is 502 g/mol. The third kappa shape index (κ3) is 6.90. The molecule has 0 aliphatic rings. The second-order valence-electron chi connectivity index (χ2n) is 7.84. The lowest BCUT2D eigenvalue weighted by Crippen LogP contribution is -2.23. The van der Waals surface area contributed by atoms with Crippen LogP contribution in [0.15, 0.2) is 82.6 Å². The molecule has 0 fully saturated rings. The van der Waals surface area contributed by atoms with Crippen LogP contribution in [0.2, 0.25) is 5.02 Å². The van der Waals surface area contributed by atoms with Crippen molar-refractivity contribution in [3.63, 3.8) is 0 Å². The van der Waals surface area contributed by atoms with Gasteiger partial charge in [-0.05, 0) is 66.9 Å². The fourth-order valence-electron chi connectivity index (χ4n) is 3.40. The van der Waals surface area contributed by atoms with Crippen molar-refractivity contribution in [2.24, 2.45) is 0 Å². The zero-order chi connectivity index (χ0) is 24.6. The van der Waals surface area contributed by atoms with Gasteiger partial charge in [0, 0.05) is 18.0 Å². The van der Waals surface area contributed by atoms with E-state index in [4.69, 9.17) is 16.3 Å². The Hall–Kier alpha value is -2.71. The van der Waals surface area contributed by atoms with Gasteiger partial charge < -0.3 is 15.2 Å². The van der Waals surface area contributed by atoms with Gasteiger partial charge in [0.25, 0.3) is 0 Å². The highest BCUT2D eigenvalue weighted by molar-refractivity contribution is 7.91. The summed E-state index contributed by atoms with van der Waals surface area (Å²) < 4.78 is 31.6. The molecule has 34 heavy (non-hydrogen) atoms. The highest BCUT2D eigenvalue weighted by atomic mass is 35.5. The Morgan fingerprint density at radius 1 is 1.06 bits per heavy atom. The fourth-order valence-corrected chi connectivity index (χ4v) is 4.98. The van der Waals surface area contributed by atoms with Gasteiger partial charge in [-0.3, -0.25) is 4.79 Å². The minimum atomic E-state index is -3.85. The van der Waals surface area contributed by atoms with Gasteiger partial charge in [0.2, 0.25) is 9.84 Å². The third-order valence-corrected chi connectivity index (χ3v) is 7.26. The number of halogens is 1. The molecule has 0 bridgehead atoms. The highest BCUT2D eigenvalue weighted by Gasteiger charge is 2.23. The molecule has 3 rings (SSSR count). The minimum absolute atomic E-state index is 0.0347. The Morgan fingerprint density at radius 2 is 1.79 bits per heavy atom. The first-order chi connectivity index (χ1) is 16.3. The first kappa shape index (κ1) is 25.9. The van der Waals surface area contributed by atoms with E-state index < -0.39 is 21.9 Å². The second-order valence-corrected chi connectivity index (χ2v) is 10.2. The summed E-state index contributed by atoms with van der Waals surface area (Å²) in [6, 6.07) is 19.9. The quantitative estimate of drug-likeness (QED) is 0.224. The van der Waals surface area contributed by atoms with E-state index in [1.165, 1.54) is 12.1 Å². The number of ether oxygens (including phenoxy) is 1. The summed E-state index contributed by atoms with van der Waals surface area (Å²) in [7, 11) is -3.85. The number of benzene rings is 3. The molecule has 3 aromatic rings. The minimum Gasteiger partial charge on any atom is -0.425 e. The van der Waals surface area contributed by atoms with Crippen LogP contribution in [0.25, 0.3) is 0 Å². The molecule has 8 heteroatoms. The topological polar surface area (TPSA) is 92.7 Å². The molecule has 3 aromatic carbocycles. The normalized spacial score (nSPS) is 12.3. The van der Waals surface area contributed by atoms with Crippen molar-refractivity contribution in [3.8, 4) is 5.75 Å². The number of aliphatic hydroxyl groups is 1. The number of rotatable bonds is 11. The number of sulfone groups is 1. The maximum Gasteiger partial charge on any atom is 0.311 e. The average Bonchev–Trinajstić information content (AvgIpc) is 2.82. The van der Waals surface area contributed by atoms with Gasteiger partial charge in [-0.25, -0.2) is 8.42 Å². The van der Waals surface area contributed by atoms with Gasteiger partial charge in [-0.15, -0.1) is 0 Å². The van der Waals surface area contributed by atoms with Crippen LogP contribution in [-0.4, -0.2) is 32.6 Å². The Kier molecular flexibility index (Phi) is 9.24. The molecule has 2 N–H and O–H groups in total. The van der Waals surface area contributed by atoms with Crippen LogP contribution in [0, 0.1) is 0 Å². The lowest BCUT2D eigenvalue weighted by Gasteiger charge is -2.13. The number of hydrogen-bond acceptors (Lipinski definition) is 6. The van der Waals surface area contributed by atoms with Crippen molar-refractivity contribution in [2.45, 2.75) is 42.1 Å². The van der Waals surface area contributed by atoms with E-state index in [0.717, 1.165) is 11.1 Å². The summed E-state index contributed by atoms with van der Waals surface area (Å²) in [5, 5.41) is 14.0. The molecule has 1 atom stereocenters. The first-order valence-corrected chi connectivity index (χ1v) is 13.0. The molecule has 0 amide bonds. The molecule has 1 unspecified atom stereocenters. The second kappa shape index (κ2) is 12.1. The van der Waals surface area contributed by atoms with E-state index in [1.54, 1.807) is 54.6 Å². The standard InChI is InChI=1S/C26H28ClNO5S/c1-2-6-26(30)33-24-9-3-4-10-25(24)34(31,32)22-13-11-19(12-14-22)15-16-28-18-23(29)20-7-5-8-21(27)17-20/h3-5,7-14,17,23,28-29H,2,6,15-16,18H2,1H3. The summed E-state index contributed by atoms with van der Waals surface area (Å²) in [5.74, 6) is -0.430. The summed E-state index contributed by atoms with van der Waals surface area (Å²) in [4.78, 5) is 12.0. The Morgan fingerprint density at radius 3 is 2.50 bits per heavy atom. The SMILES string of the molecule is CCCC(=O)Oc1ccccc1S(=O)(=O)c1ccc(CCNCC(O)c2cccc(Cl)c2)cc1. The number of carbonyl (C=O) groups is 1. The fraction of sp³-hybridized carbons (Fsp3) is 0.269. The van der Waals surface area contributed by atoms with Crippen molar-refractivity contribution in [2.75, 3.05) is 13.1 Å². The molecule has 0 aliphatic heterocycles. The maximum absolute atomic E-state index is 13.2. The zero-order valence-corrected chi connectivity index (χ0v) is 20.5.